The molecule has 27 heavy (non-hydrogen) atoms. The standard InChI is InChI=1S/C17H15FN6O3/c18-13-3-1-2-12(10-13)17(25)22-8-6-21(7-9-22)15-5-4-14-19-11-16(24(26)27)23(14)20-15/h1-5,10-11H,6-9H2. The summed E-state index contributed by atoms with van der Waals surface area (Å²) in [5.41, 5.74) is 0.711. The molecule has 3 heterocycles. The Bertz CT molecular complexity index is 1030. The van der Waals surface area contributed by atoms with E-state index in [1.807, 2.05) is 4.90 Å². The van der Waals surface area contributed by atoms with Gasteiger partial charge in [-0.15, -0.1) is 0 Å². The first kappa shape index (κ1) is 16.9. The van der Waals surface area contributed by atoms with E-state index in [4.69, 9.17) is 0 Å². The molecule has 1 fully saturated rings. The lowest BCUT2D eigenvalue weighted by Gasteiger charge is -2.35. The summed E-state index contributed by atoms with van der Waals surface area (Å²) < 4.78 is 14.5. The molecule has 1 amide bonds. The number of imidazole rings is 1. The Morgan fingerprint density at radius 1 is 1.15 bits per heavy atom. The molecule has 0 unspecified atom stereocenters. The fourth-order valence-electron chi connectivity index (χ4n) is 3.09. The molecule has 1 saturated heterocycles. The molecule has 138 valence electrons. The molecule has 0 bridgehead atoms. The van der Waals surface area contributed by atoms with Gasteiger partial charge in [0.2, 0.25) is 5.65 Å². The van der Waals surface area contributed by atoms with Crippen LogP contribution < -0.4 is 4.90 Å². The number of amides is 1. The minimum absolute atomic E-state index is 0.202. The van der Waals surface area contributed by atoms with E-state index in [1.54, 1.807) is 23.1 Å². The van der Waals surface area contributed by atoms with E-state index < -0.39 is 10.7 Å². The molecule has 0 radical (unpaired) electrons. The third-order valence-electron chi connectivity index (χ3n) is 4.48. The smallest absolute Gasteiger partial charge is 0.358 e. The number of halogens is 1. The van der Waals surface area contributed by atoms with Crippen LogP contribution >= 0.6 is 0 Å². The first-order valence-corrected chi connectivity index (χ1v) is 8.32. The van der Waals surface area contributed by atoms with E-state index in [9.17, 15) is 19.3 Å². The minimum Gasteiger partial charge on any atom is -0.358 e. The van der Waals surface area contributed by atoms with Crippen molar-refractivity contribution in [1.29, 1.82) is 0 Å². The van der Waals surface area contributed by atoms with Gasteiger partial charge in [0, 0.05) is 37.8 Å². The molecule has 0 saturated carbocycles. The highest BCUT2D eigenvalue weighted by Gasteiger charge is 2.25. The molecule has 0 aliphatic carbocycles. The molecular weight excluding hydrogens is 355 g/mol. The van der Waals surface area contributed by atoms with E-state index in [0.717, 1.165) is 0 Å². The number of hydrogen-bond acceptors (Lipinski definition) is 6. The third kappa shape index (κ3) is 3.16. The highest BCUT2D eigenvalue weighted by Crippen LogP contribution is 2.19. The van der Waals surface area contributed by atoms with Crippen molar-refractivity contribution in [2.75, 3.05) is 31.1 Å². The monoisotopic (exact) mass is 370 g/mol. The molecule has 3 aromatic rings. The average molecular weight is 370 g/mol. The maximum Gasteiger partial charge on any atom is 0.368 e. The summed E-state index contributed by atoms with van der Waals surface area (Å²) in [5, 5.41) is 15.4. The average Bonchev–Trinajstić information content (AvgIpc) is 3.11. The van der Waals surface area contributed by atoms with E-state index in [1.165, 1.54) is 28.9 Å². The van der Waals surface area contributed by atoms with Crippen LogP contribution in [0.25, 0.3) is 5.65 Å². The number of aromatic nitrogens is 3. The zero-order valence-electron chi connectivity index (χ0n) is 14.2. The topological polar surface area (TPSA) is 96.9 Å². The number of piperazine rings is 1. The zero-order valence-corrected chi connectivity index (χ0v) is 14.2. The van der Waals surface area contributed by atoms with Crippen molar-refractivity contribution in [2.24, 2.45) is 0 Å². The van der Waals surface area contributed by atoms with Crippen molar-refractivity contribution in [2.45, 2.75) is 0 Å². The van der Waals surface area contributed by atoms with Crippen LogP contribution in [-0.4, -0.2) is 56.5 Å². The Balaban J connectivity index is 1.49. The van der Waals surface area contributed by atoms with Gasteiger partial charge in [-0.1, -0.05) is 15.7 Å². The number of rotatable bonds is 3. The second-order valence-electron chi connectivity index (χ2n) is 6.12. The van der Waals surface area contributed by atoms with Gasteiger partial charge in [0.25, 0.3) is 5.91 Å². The van der Waals surface area contributed by atoms with Crippen molar-refractivity contribution < 1.29 is 14.1 Å². The van der Waals surface area contributed by atoms with Crippen LogP contribution in [0, 0.1) is 15.9 Å². The number of nitrogens with zero attached hydrogens (tertiary/aromatic N) is 6. The predicted molar refractivity (Wildman–Crippen MR) is 94.2 cm³/mol. The van der Waals surface area contributed by atoms with E-state index in [2.05, 4.69) is 10.1 Å². The van der Waals surface area contributed by atoms with Crippen LogP contribution in [0.4, 0.5) is 16.0 Å². The summed E-state index contributed by atoms with van der Waals surface area (Å²) in [7, 11) is 0. The summed E-state index contributed by atoms with van der Waals surface area (Å²) in [6.07, 6.45) is 1.17. The first-order chi connectivity index (χ1) is 13.0. The van der Waals surface area contributed by atoms with Gasteiger partial charge in [0.05, 0.1) is 0 Å². The first-order valence-electron chi connectivity index (χ1n) is 8.32. The summed E-state index contributed by atoms with van der Waals surface area (Å²) in [4.78, 5) is 30.6. The number of anilines is 1. The SMILES string of the molecule is O=C(c1cccc(F)c1)N1CCN(c2ccc3ncc([N+](=O)[O-])n3n2)CC1. The molecule has 0 spiro atoms. The summed E-state index contributed by atoms with van der Waals surface area (Å²) >= 11 is 0. The van der Waals surface area contributed by atoms with Crippen LogP contribution in [0.2, 0.25) is 0 Å². The minimum atomic E-state index is -0.535. The number of fused-ring (bicyclic) bond motifs is 1. The Morgan fingerprint density at radius 2 is 1.93 bits per heavy atom. The van der Waals surface area contributed by atoms with Gasteiger partial charge in [-0.2, -0.15) is 0 Å². The van der Waals surface area contributed by atoms with Gasteiger partial charge in [-0.05, 0) is 29.2 Å². The molecule has 2 aromatic heterocycles. The van der Waals surface area contributed by atoms with Gasteiger partial charge in [-0.25, -0.2) is 9.37 Å². The maximum absolute atomic E-state index is 13.3. The Labute approximate surface area is 152 Å². The fraction of sp³-hybridized carbons (Fsp3) is 0.235. The van der Waals surface area contributed by atoms with Gasteiger partial charge >= 0.3 is 5.82 Å². The molecule has 0 N–H and O–H groups in total. The van der Waals surface area contributed by atoms with E-state index in [0.29, 0.717) is 43.2 Å². The molecule has 4 rings (SSSR count). The summed E-state index contributed by atoms with van der Waals surface area (Å²) in [5.74, 6) is -0.296. The van der Waals surface area contributed by atoms with Crippen LogP contribution in [0.15, 0.2) is 42.6 Å². The largest absolute Gasteiger partial charge is 0.368 e. The lowest BCUT2D eigenvalue weighted by atomic mass is 10.1. The van der Waals surface area contributed by atoms with E-state index >= 15 is 0 Å². The van der Waals surface area contributed by atoms with Crippen molar-refractivity contribution in [3.8, 4) is 0 Å². The van der Waals surface area contributed by atoms with Crippen molar-refractivity contribution in [1.82, 2.24) is 19.5 Å². The Hall–Kier alpha value is -3.56. The Morgan fingerprint density at radius 3 is 2.63 bits per heavy atom. The lowest BCUT2D eigenvalue weighted by Crippen LogP contribution is -2.49. The Kier molecular flexibility index (Phi) is 4.15. The van der Waals surface area contributed by atoms with Crippen LogP contribution in [0.1, 0.15) is 10.4 Å². The highest BCUT2D eigenvalue weighted by molar-refractivity contribution is 5.94. The maximum atomic E-state index is 13.3. The second kappa shape index (κ2) is 6.63. The van der Waals surface area contributed by atoms with Crippen molar-refractivity contribution in [3.63, 3.8) is 0 Å². The molecule has 1 aliphatic rings. The van der Waals surface area contributed by atoms with Gasteiger partial charge in [0.15, 0.2) is 5.82 Å². The summed E-state index contributed by atoms with van der Waals surface area (Å²) in [6, 6.07) is 9.03. The number of benzene rings is 1. The molecule has 1 aliphatic heterocycles. The number of hydrogen-bond donors (Lipinski definition) is 0. The molecule has 9 nitrogen and oxygen atoms in total. The molecule has 0 atom stereocenters. The van der Waals surface area contributed by atoms with Crippen LogP contribution in [0.3, 0.4) is 0 Å². The highest BCUT2D eigenvalue weighted by atomic mass is 19.1. The van der Waals surface area contributed by atoms with Crippen molar-refractivity contribution in [3.05, 3.63) is 64.1 Å². The molecule has 10 heteroatoms. The predicted octanol–water partition coefficient (Wildman–Crippen LogP) is 1.74. The van der Waals surface area contributed by atoms with Crippen molar-refractivity contribution >= 4 is 23.2 Å². The molecular formula is C17H15FN6O3. The van der Waals surface area contributed by atoms with Crippen LogP contribution in [0.5, 0.6) is 0 Å². The fourth-order valence-corrected chi connectivity index (χ4v) is 3.09. The van der Waals surface area contributed by atoms with Gasteiger partial charge < -0.3 is 19.9 Å². The summed E-state index contributed by atoms with van der Waals surface area (Å²) in [6.45, 7) is 1.92. The number of carbonyl (C=O) groups excluding carboxylic acids is 1. The normalized spacial score (nSPS) is 14.6. The van der Waals surface area contributed by atoms with E-state index in [-0.39, 0.29) is 11.7 Å². The third-order valence-corrected chi connectivity index (χ3v) is 4.48. The van der Waals surface area contributed by atoms with Gasteiger partial charge in [-0.3, -0.25) is 4.79 Å². The quantitative estimate of drug-likeness (QED) is 0.515. The number of nitro groups is 1. The van der Waals surface area contributed by atoms with Gasteiger partial charge in [0.1, 0.15) is 12.0 Å². The lowest BCUT2D eigenvalue weighted by molar-refractivity contribution is -0.391. The van der Waals surface area contributed by atoms with Crippen LogP contribution in [-0.2, 0) is 0 Å². The second-order valence-corrected chi connectivity index (χ2v) is 6.12. The molecule has 1 aromatic carbocycles. The zero-order chi connectivity index (χ0) is 19.0. The number of carbonyl (C=O) groups is 1.